The van der Waals surface area contributed by atoms with E-state index in [2.05, 4.69) is 6.07 Å². The Kier molecular flexibility index (Phi) is 3.67. The maximum atomic E-state index is 9.91. The maximum Gasteiger partial charge on any atom is 0.0940 e. The average molecular weight is 193 g/mol. The topological polar surface area (TPSA) is 46.2 Å². The van der Waals surface area contributed by atoms with Gasteiger partial charge in [0.05, 0.1) is 6.10 Å². The number of nitrogens with two attached hydrogens (primary N) is 1. The molecule has 78 valence electrons. The molecule has 2 heteroatoms. The Balaban J connectivity index is 2.94. The van der Waals surface area contributed by atoms with Crippen molar-refractivity contribution in [1.82, 2.24) is 0 Å². The van der Waals surface area contributed by atoms with E-state index in [0.717, 1.165) is 12.0 Å². The van der Waals surface area contributed by atoms with Crippen molar-refractivity contribution in [2.24, 2.45) is 5.73 Å². The zero-order chi connectivity index (χ0) is 10.7. The third-order valence-electron chi connectivity index (χ3n) is 2.46. The van der Waals surface area contributed by atoms with Crippen LogP contribution < -0.4 is 5.73 Å². The molecule has 1 aromatic carbocycles. The molecule has 0 spiro atoms. The lowest BCUT2D eigenvalue weighted by Crippen LogP contribution is -2.27. The molecule has 0 heterocycles. The number of hydrogen-bond donors (Lipinski definition) is 2. The first-order valence-corrected chi connectivity index (χ1v) is 5.06. The number of aryl methyl sites for hydroxylation is 2. The quantitative estimate of drug-likeness (QED) is 0.772. The monoisotopic (exact) mass is 193 g/mol. The summed E-state index contributed by atoms with van der Waals surface area (Å²) < 4.78 is 0. The summed E-state index contributed by atoms with van der Waals surface area (Å²) in [5.74, 6) is 0. The molecule has 0 radical (unpaired) electrons. The summed E-state index contributed by atoms with van der Waals surface area (Å²) in [7, 11) is 0. The minimum atomic E-state index is -0.543. The molecule has 0 aliphatic rings. The van der Waals surface area contributed by atoms with Gasteiger partial charge in [-0.3, -0.25) is 0 Å². The lowest BCUT2D eigenvalue weighted by atomic mass is 9.98. The van der Waals surface area contributed by atoms with Gasteiger partial charge in [0.15, 0.2) is 0 Å². The Bertz CT molecular complexity index is 289. The third-order valence-corrected chi connectivity index (χ3v) is 2.46. The van der Waals surface area contributed by atoms with Gasteiger partial charge in [0.1, 0.15) is 0 Å². The van der Waals surface area contributed by atoms with Crippen molar-refractivity contribution < 1.29 is 5.11 Å². The first-order chi connectivity index (χ1) is 6.54. The zero-order valence-electron chi connectivity index (χ0n) is 9.12. The van der Waals surface area contributed by atoms with Gasteiger partial charge in [-0.1, -0.05) is 36.2 Å². The van der Waals surface area contributed by atoms with Crippen LogP contribution in [-0.4, -0.2) is 11.1 Å². The molecule has 3 N–H and O–H groups in total. The van der Waals surface area contributed by atoms with Gasteiger partial charge in [0, 0.05) is 6.04 Å². The Labute approximate surface area is 85.8 Å². The number of benzene rings is 1. The summed E-state index contributed by atoms with van der Waals surface area (Å²) in [5, 5.41) is 9.91. The van der Waals surface area contributed by atoms with Gasteiger partial charge in [-0.05, 0) is 25.8 Å². The van der Waals surface area contributed by atoms with Crippen LogP contribution in [0.25, 0.3) is 0 Å². The van der Waals surface area contributed by atoms with Crippen molar-refractivity contribution in [3.8, 4) is 0 Å². The van der Waals surface area contributed by atoms with Gasteiger partial charge in [-0.15, -0.1) is 0 Å². The van der Waals surface area contributed by atoms with E-state index in [1.54, 1.807) is 0 Å². The van der Waals surface area contributed by atoms with Gasteiger partial charge in [-0.25, -0.2) is 0 Å². The van der Waals surface area contributed by atoms with E-state index in [1.165, 1.54) is 11.1 Å². The summed E-state index contributed by atoms with van der Waals surface area (Å²) in [4.78, 5) is 0. The van der Waals surface area contributed by atoms with Crippen LogP contribution in [0.3, 0.4) is 0 Å². The molecule has 0 saturated heterocycles. The summed E-state index contributed by atoms with van der Waals surface area (Å²) in [6.07, 6.45) is 0.243. The molecular formula is C12H19NO. The molecule has 0 fully saturated rings. The van der Waals surface area contributed by atoms with E-state index in [-0.39, 0.29) is 6.04 Å². The van der Waals surface area contributed by atoms with E-state index < -0.39 is 6.10 Å². The number of aliphatic hydroxyl groups is 1. The predicted molar refractivity (Wildman–Crippen MR) is 59.1 cm³/mol. The highest BCUT2D eigenvalue weighted by atomic mass is 16.3. The van der Waals surface area contributed by atoms with Crippen LogP contribution in [-0.2, 0) is 0 Å². The largest absolute Gasteiger partial charge is 0.387 e. The molecule has 0 bridgehead atoms. The molecule has 0 saturated carbocycles. The number of hydrogen-bond acceptors (Lipinski definition) is 2. The normalized spacial score (nSPS) is 15.2. The number of rotatable bonds is 3. The van der Waals surface area contributed by atoms with E-state index in [4.69, 9.17) is 5.73 Å². The molecule has 0 amide bonds. The highest BCUT2D eigenvalue weighted by molar-refractivity contribution is 5.30. The van der Waals surface area contributed by atoms with Crippen LogP contribution in [0, 0.1) is 13.8 Å². The first-order valence-electron chi connectivity index (χ1n) is 5.06. The van der Waals surface area contributed by atoms with Gasteiger partial charge in [0.2, 0.25) is 0 Å². The van der Waals surface area contributed by atoms with Gasteiger partial charge in [0.25, 0.3) is 0 Å². The molecule has 2 unspecified atom stereocenters. The fourth-order valence-corrected chi connectivity index (χ4v) is 1.65. The van der Waals surface area contributed by atoms with Crippen LogP contribution in [0.5, 0.6) is 0 Å². The van der Waals surface area contributed by atoms with Crippen molar-refractivity contribution in [2.75, 3.05) is 0 Å². The van der Waals surface area contributed by atoms with Crippen molar-refractivity contribution in [3.63, 3.8) is 0 Å². The second-order valence-corrected chi connectivity index (χ2v) is 3.94. The van der Waals surface area contributed by atoms with Gasteiger partial charge < -0.3 is 10.8 Å². The standard InChI is InChI=1S/C12H19NO/c1-4-11(13)12(14)10-6-8(2)5-9(3)7-10/h5-7,11-12,14H,4,13H2,1-3H3. The molecule has 0 aromatic heterocycles. The molecule has 14 heavy (non-hydrogen) atoms. The SMILES string of the molecule is CCC(N)C(O)c1cc(C)cc(C)c1. The predicted octanol–water partition coefficient (Wildman–Crippen LogP) is 2.07. The second-order valence-electron chi connectivity index (χ2n) is 3.94. The highest BCUT2D eigenvalue weighted by Crippen LogP contribution is 2.20. The van der Waals surface area contributed by atoms with Crippen molar-refractivity contribution in [2.45, 2.75) is 39.3 Å². The molecule has 0 aliphatic heterocycles. The van der Waals surface area contributed by atoms with Gasteiger partial charge in [-0.2, -0.15) is 0 Å². The van der Waals surface area contributed by atoms with Crippen molar-refractivity contribution >= 4 is 0 Å². The molecule has 2 atom stereocenters. The Morgan fingerprint density at radius 3 is 2.14 bits per heavy atom. The fraction of sp³-hybridized carbons (Fsp3) is 0.500. The summed E-state index contributed by atoms with van der Waals surface area (Å²) in [6, 6.07) is 5.91. The molecule has 0 aliphatic carbocycles. The van der Waals surface area contributed by atoms with Crippen LogP contribution in [0.4, 0.5) is 0 Å². The minimum absolute atomic E-state index is 0.170. The van der Waals surface area contributed by atoms with Crippen LogP contribution in [0.15, 0.2) is 18.2 Å². The van der Waals surface area contributed by atoms with E-state index in [1.807, 2.05) is 32.9 Å². The third kappa shape index (κ3) is 2.56. The summed E-state index contributed by atoms with van der Waals surface area (Å²) >= 11 is 0. The van der Waals surface area contributed by atoms with Crippen LogP contribution in [0.2, 0.25) is 0 Å². The van der Waals surface area contributed by atoms with E-state index >= 15 is 0 Å². The molecule has 2 nitrogen and oxygen atoms in total. The van der Waals surface area contributed by atoms with Crippen LogP contribution >= 0.6 is 0 Å². The summed E-state index contributed by atoms with van der Waals surface area (Å²) in [6.45, 7) is 6.04. The fourth-order valence-electron chi connectivity index (χ4n) is 1.65. The average Bonchev–Trinajstić information content (AvgIpc) is 2.14. The minimum Gasteiger partial charge on any atom is -0.387 e. The van der Waals surface area contributed by atoms with Crippen LogP contribution in [0.1, 0.15) is 36.1 Å². The lowest BCUT2D eigenvalue weighted by Gasteiger charge is -2.18. The van der Waals surface area contributed by atoms with E-state index in [0.29, 0.717) is 0 Å². The first kappa shape index (κ1) is 11.2. The highest BCUT2D eigenvalue weighted by Gasteiger charge is 2.15. The zero-order valence-corrected chi connectivity index (χ0v) is 9.12. The smallest absolute Gasteiger partial charge is 0.0940 e. The summed E-state index contributed by atoms with van der Waals surface area (Å²) in [5.41, 5.74) is 9.06. The van der Waals surface area contributed by atoms with Gasteiger partial charge >= 0.3 is 0 Å². The lowest BCUT2D eigenvalue weighted by molar-refractivity contribution is 0.144. The Hall–Kier alpha value is -0.860. The molecule has 1 aromatic rings. The van der Waals surface area contributed by atoms with E-state index in [9.17, 15) is 5.11 Å². The van der Waals surface area contributed by atoms with Crippen molar-refractivity contribution in [3.05, 3.63) is 34.9 Å². The molecular weight excluding hydrogens is 174 g/mol. The maximum absolute atomic E-state index is 9.91. The second kappa shape index (κ2) is 4.58. The van der Waals surface area contributed by atoms with Crippen molar-refractivity contribution in [1.29, 1.82) is 0 Å². The Morgan fingerprint density at radius 2 is 1.71 bits per heavy atom. The number of aliphatic hydroxyl groups excluding tert-OH is 1. The molecule has 1 rings (SSSR count). The Morgan fingerprint density at radius 1 is 1.21 bits per heavy atom.